The van der Waals surface area contributed by atoms with Gasteiger partial charge in [-0.3, -0.25) is 0 Å². The minimum atomic E-state index is -0.159. The van der Waals surface area contributed by atoms with Gasteiger partial charge in [-0.1, -0.05) is 12.1 Å². The SMILES string of the molecule is CCN(c1cccc(C)c1)c1ccc(NC(=O)NC2CC2)cn1. The van der Waals surface area contributed by atoms with E-state index in [-0.39, 0.29) is 6.03 Å². The number of rotatable bonds is 5. The second-order valence-electron chi connectivity index (χ2n) is 5.86. The van der Waals surface area contributed by atoms with Crippen LogP contribution in [0.15, 0.2) is 42.6 Å². The largest absolute Gasteiger partial charge is 0.335 e. The standard InChI is InChI=1S/C18H22N4O/c1-3-22(16-6-4-5-13(2)11-16)17-10-9-15(12-19-17)21-18(23)20-14-7-8-14/h4-6,9-12,14H,3,7-8H2,1-2H3,(H2,20,21,23). The Balaban J connectivity index is 1.70. The molecule has 0 saturated heterocycles. The fourth-order valence-corrected chi connectivity index (χ4v) is 2.47. The number of carbonyl (C=O) groups excluding carboxylic acids is 1. The van der Waals surface area contributed by atoms with Crippen LogP contribution in [0.4, 0.5) is 22.0 Å². The van der Waals surface area contributed by atoms with Crippen molar-refractivity contribution in [2.75, 3.05) is 16.8 Å². The maximum absolute atomic E-state index is 11.7. The first-order chi connectivity index (χ1) is 11.2. The van der Waals surface area contributed by atoms with E-state index in [1.54, 1.807) is 6.20 Å². The Morgan fingerprint density at radius 3 is 2.74 bits per heavy atom. The Bertz CT molecular complexity index is 680. The molecule has 120 valence electrons. The number of hydrogen-bond donors (Lipinski definition) is 2. The Labute approximate surface area is 136 Å². The molecule has 1 aliphatic carbocycles. The third-order valence-electron chi connectivity index (χ3n) is 3.82. The van der Waals surface area contributed by atoms with Gasteiger partial charge in [-0.2, -0.15) is 0 Å². The lowest BCUT2D eigenvalue weighted by Crippen LogP contribution is -2.30. The quantitative estimate of drug-likeness (QED) is 0.882. The van der Waals surface area contributed by atoms with Gasteiger partial charge in [0, 0.05) is 18.3 Å². The van der Waals surface area contributed by atoms with Gasteiger partial charge in [0.15, 0.2) is 0 Å². The Morgan fingerprint density at radius 1 is 1.30 bits per heavy atom. The molecule has 1 aromatic carbocycles. The van der Waals surface area contributed by atoms with Crippen molar-refractivity contribution in [1.82, 2.24) is 10.3 Å². The van der Waals surface area contributed by atoms with Crippen molar-refractivity contribution < 1.29 is 4.79 Å². The number of amides is 2. The van der Waals surface area contributed by atoms with E-state index in [2.05, 4.69) is 52.6 Å². The van der Waals surface area contributed by atoms with E-state index < -0.39 is 0 Å². The van der Waals surface area contributed by atoms with Gasteiger partial charge in [0.25, 0.3) is 0 Å². The average Bonchev–Trinajstić information content (AvgIpc) is 3.34. The van der Waals surface area contributed by atoms with Crippen LogP contribution >= 0.6 is 0 Å². The molecule has 2 amide bonds. The molecular formula is C18H22N4O. The van der Waals surface area contributed by atoms with Crippen molar-refractivity contribution in [2.45, 2.75) is 32.7 Å². The molecule has 5 heteroatoms. The van der Waals surface area contributed by atoms with Crippen LogP contribution in [0.3, 0.4) is 0 Å². The number of aromatic nitrogens is 1. The van der Waals surface area contributed by atoms with Gasteiger partial charge in [0.2, 0.25) is 0 Å². The van der Waals surface area contributed by atoms with Crippen LogP contribution < -0.4 is 15.5 Å². The molecule has 1 aliphatic rings. The Kier molecular flexibility index (Phi) is 4.46. The minimum Gasteiger partial charge on any atom is -0.335 e. The summed E-state index contributed by atoms with van der Waals surface area (Å²) in [4.78, 5) is 18.4. The van der Waals surface area contributed by atoms with Crippen LogP contribution in [0, 0.1) is 6.92 Å². The second-order valence-corrected chi connectivity index (χ2v) is 5.86. The Hall–Kier alpha value is -2.56. The molecular weight excluding hydrogens is 288 g/mol. The molecule has 1 fully saturated rings. The summed E-state index contributed by atoms with van der Waals surface area (Å²) in [7, 11) is 0. The first-order valence-electron chi connectivity index (χ1n) is 8.03. The van der Waals surface area contributed by atoms with Crippen molar-refractivity contribution in [3.05, 3.63) is 48.2 Å². The third-order valence-corrected chi connectivity index (χ3v) is 3.82. The molecule has 0 radical (unpaired) electrons. The molecule has 1 heterocycles. The van der Waals surface area contributed by atoms with Crippen molar-refractivity contribution >= 4 is 23.2 Å². The molecule has 5 nitrogen and oxygen atoms in total. The van der Waals surface area contributed by atoms with E-state index >= 15 is 0 Å². The number of anilines is 3. The minimum absolute atomic E-state index is 0.159. The summed E-state index contributed by atoms with van der Waals surface area (Å²) in [6.07, 6.45) is 3.85. The molecule has 23 heavy (non-hydrogen) atoms. The summed E-state index contributed by atoms with van der Waals surface area (Å²) in [5.41, 5.74) is 3.04. The van der Waals surface area contributed by atoms with Crippen molar-refractivity contribution in [1.29, 1.82) is 0 Å². The van der Waals surface area contributed by atoms with Crippen LogP contribution in [0.25, 0.3) is 0 Å². The predicted octanol–water partition coefficient (Wildman–Crippen LogP) is 3.83. The molecule has 2 aromatic rings. The highest BCUT2D eigenvalue weighted by atomic mass is 16.2. The molecule has 0 bridgehead atoms. The first kappa shape index (κ1) is 15.3. The van der Waals surface area contributed by atoms with Gasteiger partial charge in [0.1, 0.15) is 5.82 Å². The van der Waals surface area contributed by atoms with Gasteiger partial charge in [-0.25, -0.2) is 9.78 Å². The number of benzene rings is 1. The van der Waals surface area contributed by atoms with E-state index in [0.29, 0.717) is 11.7 Å². The maximum atomic E-state index is 11.7. The van der Waals surface area contributed by atoms with Gasteiger partial charge in [-0.15, -0.1) is 0 Å². The lowest BCUT2D eigenvalue weighted by Gasteiger charge is -2.22. The summed E-state index contributed by atoms with van der Waals surface area (Å²) >= 11 is 0. The van der Waals surface area contributed by atoms with Crippen LogP contribution in [0.2, 0.25) is 0 Å². The lowest BCUT2D eigenvalue weighted by atomic mass is 10.2. The van der Waals surface area contributed by atoms with Gasteiger partial charge >= 0.3 is 6.03 Å². The number of nitrogens with zero attached hydrogens (tertiary/aromatic N) is 2. The summed E-state index contributed by atoms with van der Waals surface area (Å²) in [6.45, 7) is 5.00. The number of nitrogens with one attached hydrogen (secondary N) is 2. The summed E-state index contributed by atoms with van der Waals surface area (Å²) < 4.78 is 0. The molecule has 2 N–H and O–H groups in total. The summed E-state index contributed by atoms with van der Waals surface area (Å²) in [5, 5.41) is 5.71. The zero-order chi connectivity index (χ0) is 16.2. The normalized spacial score (nSPS) is 13.5. The maximum Gasteiger partial charge on any atom is 0.319 e. The van der Waals surface area contributed by atoms with Crippen LogP contribution in [-0.4, -0.2) is 23.6 Å². The molecule has 0 aliphatic heterocycles. The van der Waals surface area contributed by atoms with Gasteiger partial charge in [0.05, 0.1) is 11.9 Å². The number of urea groups is 1. The highest BCUT2D eigenvalue weighted by Gasteiger charge is 2.23. The fourth-order valence-electron chi connectivity index (χ4n) is 2.47. The van der Waals surface area contributed by atoms with Gasteiger partial charge in [-0.05, 0) is 56.5 Å². The van der Waals surface area contributed by atoms with E-state index in [4.69, 9.17) is 0 Å². The summed E-state index contributed by atoms with van der Waals surface area (Å²) in [6, 6.07) is 12.3. The lowest BCUT2D eigenvalue weighted by molar-refractivity contribution is 0.251. The Morgan fingerprint density at radius 2 is 2.13 bits per heavy atom. The number of pyridine rings is 1. The van der Waals surface area contributed by atoms with Gasteiger partial charge < -0.3 is 15.5 Å². The highest BCUT2D eigenvalue weighted by molar-refractivity contribution is 5.89. The number of aryl methyl sites for hydroxylation is 1. The van der Waals surface area contributed by atoms with E-state index in [1.807, 2.05) is 18.2 Å². The fraction of sp³-hybridized carbons (Fsp3) is 0.333. The molecule has 0 atom stereocenters. The van der Waals surface area contributed by atoms with E-state index in [1.165, 1.54) is 5.56 Å². The second kappa shape index (κ2) is 6.69. The molecule has 1 aromatic heterocycles. The summed E-state index contributed by atoms with van der Waals surface area (Å²) in [5.74, 6) is 0.867. The van der Waals surface area contributed by atoms with Crippen molar-refractivity contribution in [2.24, 2.45) is 0 Å². The molecule has 0 spiro atoms. The first-order valence-corrected chi connectivity index (χ1v) is 8.03. The zero-order valence-corrected chi connectivity index (χ0v) is 13.5. The predicted molar refractivity (Wildman–Crippen MR) is 93.3 cm³/mol. The van der Waals surface area contributed by atoms with E-state index in [9.17, 15) is 4.79 Å². The van der Waals surface area contributed by atoms with Crippen LogP contribution in [0.1, 0.15) is 25.3 Å². The van der Waals surface area contributed by atoms with Crippen molar-refractivity contribution in [3.8, 4) is 0 Å². The van der Waals surface area contributed by atoms with E-state index in [0.717, 1.165) is 30.9 Å². The zero-order valence-electron chi connectivity index (χ0n) is 13.5. The molecule has 3 rings (SSSR count). The topological polar surface area (TPSA) is 57.3 Å². The smallest absolute Gasteiger partial charge is 0.319 e. The van der Waals surface area contributed by atoms with Crippen molar-refractivity contribution in [3.63, 3.8) is 0 Å². The number of hydrogen-bond acceptors (Lipinski definition) is 3. The third kappa shape index (κ3) is 4.00. The number of carbonyl (C=O) groups is 1. The highest BCUT2D eigenvalue weighted by Crippen LogP contribution is 2.25. The van der Waals surface area contributed by atoms with Crippen LogP contribution in [0.5, 0.6) is 0 Å². The van der Waals surface area contributed by atoms with Crippen LogP contribution in [-0.2, 0) is 0 Å². The average molecular weight is 310 g/mol. The molecule has 1 saturated carbocycles. The monoisotopic (exact) mass is 310 g/mol. The molecule has 0 unspecified atom stereocenters.